The zero-order valence-electron chi connectivity index (χ0n) is 13.2. The van der Waals surface area contributed by atoms with Crippen molar-refractivity contribution in [3.8, 4) is 0 Å². The van der Waals surface area contributed by atoms with Gasteiger partial charge in [0.1, 0.15) is 5.54 Å². The zero-order valence-corrected chi connectivity index (χ0v) is 14.1. The molecule has 0 radical (unpaired) electrons. The van der Waals surface area contributed by atoms with Crippen LogP contribution in [0.25, 0.3) is 0 Å². The van der Waals surface area contributed by atoms with Crippen molar-refractivity contribution in [1.29, 1.82) is 0 Å². The number of imide groups is 1. The summed E-state index contributed by atoms with van der Waals surface area (Å²) in [7, 11) is 0. The number of rotatable bonds is 8. The smallest absolute Gasteiger partial charge is 0.323 e. The van der Waals surface area contributed by atoms with Gasteiger partial charge in [0, 0.05) is 6.54 Å². The average Bonchev–Trinajstić information content (AvgIpc) is 2.63. The van der Waals surface area contributed by atoms with Gasteiger partial charge in [-0.1, -0.05) is 33.6 Å². The van der Waals surface area contributed by atoms with Gasteiger partial charge in [-0.2, -0.15) is 12.6 Å². The number of hydrogen-bond acceptors (Lipinski definition) is 3. The number of nitrogens with one attached hydrogen (secondary N) is 1. The average molecular weight is 300 g/mol. The Kier molecular flexibility index (Phi) is 5.92. The van der Waals surface area contributed by atoms with Crippen molar-refractivity contribution in [1.82, 2.24) is 10.2 Å². The van der Waals surface area contributed by atoms with Crippen LogP contribution in [0.15, 0.2) is 0 Å². The molecule has 1 fully saturated rings. The molecule has 3 amide bonds. The molecular formula is C15H28N2O2S. The number of thiol groups is 1. The first-order chi connectivity index (χ1) is 9.38. The maximum Gasteiger partial charge on any atom is 0.325 e. The highest BCUT2D eigenvalue weighted by Gasteiger charge is 2.48. The van der Waals surface area contributed by atoms with Crippen molar-refractivity contribution in [3.05, 3.63) is 0 Å². The van der Waals surface area contributed by atoms with Crippen LogP contribution in [0, 0.1) is 5.41 Å². The summed E-state index contributed by atoms with van der Waals surface area (Å²) >= 11 is 4.50. The molecule has 1 atom stereocenters. The number of nitrogens with zero attached hydrogens (tertiary/aromatic N) is 1. The van der Waals surface area contributed by atoms with Crippen LogP contribution in [0.5, 0.6) is 0 Å². The summed E-state index contributed by atoms with van der Waals surface area (Å²) in [6.07, 6.45) is 4.67. The fraction of sp³-hybridized carbons (Fsp3) is 0.867. The molecule has 1 saturated heterocycles. The summed E-state index contributed by atoms with van der Waals surface area (Å²) in [6, 6.07) is -0.252. The van der Waals surface area contributed by atoms with Crippen LogP contribution >= 0.6 is 12.6 Å². The van der Waals surface area contributed by atoms with Crippen molar-refractivity contribution in [2.45, 2.75) is 65.3 Å². The third-order valence-electron chi connectivity index (χ3n) is 4.44. The molecule has 0 bridgehead atoms. The fourth-order valence-electron chi connectivity index (χ4n) is 3.02. The van der Waals surface area contributed by atoms with E-state index < -0.39 is 5.54 Å². The molecule has 1 aliphatic heterocycles. The van der Waals surface area contributed by atoms with E-state index in [9.17, 15) is 9.59 Å². The van der Waals surface area contributed by atoms with Gasteiger partial charge in [-0.05, 0) is 37.4 Å². The van der Waals surface area contributed by atoms with E-state index in [1.165, 1.54) is 4.90 Å². The quantitative estimate of drug-likeness (QED) is 0.534. The van der Waals surface area contributed by atoms with Crippen LogP contribution in [-0.2, 0) is 4.79 Å². The van der Waals surface area contributed by atoms with Gasteiger partial charge in [-0.25, -0.2) is 4.79 Å². The highest BCUT2D eigenvalue weighted by atomic mass is 32.1. The molecule has 0 aromatic rings. The Labute approximate surface area is 128 Å². The lowest BCUT2D eigenvalue weighted by molar-refractivity contribution is -0.132. The molecule has 116 valence electrons. The van der Waals surface area contributed by atoms with Gasteiger partial charge < -0.3 is 5.32 Å². The molecule has 0 aromatic heterocycles. The van der Waals surface area contributed by atoms with Crippen molar-refractivity contribution in [3.63, 3.8) is 0 Å². The van der Waals surface area contributed by atoms with Gasteiger partial charge in [-0.3, -0.25) is 9.69 Å². The molecule has 1 heterocycles. The van der Waals surface area contributed by atoms with Gasteiger partial charge in [0.2, 0.25) is 0 Å². The Hall–Kier alpha value is -0.710. The van der Waals surface area contributed by atoms with E-state index in [1.54, 1.807) is 6.92 Å². The van der Waals surface area contributed by atoms with Gasteiger partial charge in [0.25, 0.3) is 5.91 Å². The molecule has 0 saturated carbocycles. The largest absolute Gasteiger partial charge is 0.325 e. The monoisotopic (exact) mass is 300 g/mol. The normalized spacial score (nSPS) is 23.4. The molecule has 0 aliphatic carbocycles. The van der Waals surface area contributed by atoms with Crippen LogP contribution < -0.4 is 5.32 Å². The highest BCUT2D eigenvalue weighted by Crippen LogP contribution is 2.34. The minimum absolute atomic E-state index is 0.0569. The van der Waals surface area contributed by atoms with Gasteiger partial charge in [0.05, 0.1) is 0 Å². The Balaban J connectivity index is 2.93. The third-order valence-corrected chi connectivity index (χ3v) is 5.11. The summed E-state index contributed by atoms with van der Waals surface area (Å²) in [5.74, 6) is 0.609. The molecule has 5 heteroatoms. The zero-order chi connectivity index (χ0) is 15.4. The topological polar surface area (TPSA) is 49.4 Å². The summed E-state index contributed by atoms with van der Waals surface area (Å²) in [4.78, 5) is 26.0. The predicted molar refractivity (Wildman–Crippen MR) is 85.0 cm³/mol. The lowest BCUT2D eigenvalue weighted by Gasteiger charge is -2.35. The summed E-state index contributed by atoms with van der Waals surface area (Å²) in [6.45, 7) is 8.48. The minimum atomic E-state index is -0.738. The van der Waals surface area contributed by atoms with Gasteiger partial charge in [0.15, 0.2) is 0 Å². The first-order valence-electron chi connectivity index (χ1n) is 7.63. The highest BCUT2D eigenvalue weighted by molar-refractivity contribution is 7.80. The van der Waals surface area contributed by atoms with Crippen LogP contribution in [0.4, 0.5) is 4.79 Å². The lowest BCUT2D eigenvalue weighted by atomic mass is 9.80. The maximum atomic E-state index is 12.5. The first kappa shape index (κ1) is 17.3. The molecular weight excluding hydrogens is 272 g/mol. The molecule has 20 heavy (non-hydrogen) atoms. The second-order valence-electron chi connectivity index (χ2n) is 6.17. The van der Waals surface area contributed by atoms with Gasteiger partial charge in [-0.15, -0.1) is 0 Å². The molecule has 1 rings (SSSR count). The van der Waals surface area contributed by atoms with Crippen LogP contribution in [0.1, 0.15) is 59.8 Å². The number of hydrogen-bond donors (Lipinski definition) is 2. The van der Waals surface area contributed by atoms with Crippen molar-refractivity contribution in [2.75, 3.05) is 12.3 Å². The van der Waals surface area contributed by atoms with Gasteiger partial charge >= 0.3 is 6.03 Å². The van der Waals surface area contributed by atoms with E-state index in [1.807, 2.05) is 6.92 Å². The Bertz CT molecular complexity index is 367. The predicted octanol–water partition coefficient (Wildman–Crippen LogP) is 3.22. The van der Waals surface area contributed by atoms with Crippen molar-refractivity contribution in [2.24, 2.45) is 5.41 Å². The molecule has 1 aliphatic rings. The Morgan fingerprint density at radius 3 is 2.10 bits per heavy atom. The summed E-state index contributed by atoms with van der Waals surface area (Å²) in [5.41, 5.74) is -0.795. The number of carbonyl (C=O) groups is 2. The Morgan fingerprint density at radius 2 is 1.75 bits per heavy atom. The summed E-state index contributed by atoms with van der Waals surface area (Å²) < 4.78 is 0. The molecule has 1 N–H and O–H groups in total. The fourth-order valence-corrected chi connectivity index (χ4v) is 3.43. The van der Waals surface area contributed by atoms with Crippen molar-refractivity contribution >= 4 is 24.6 Å². The van der Waals surface area contributed by atoms with E-state index >= 15 is 0 Å². The molecule has 0 aromatic carbocycles. The molecule has 0 spiro atoms. The van der Waals surface area contributed by atoms with E-state index in [-0.39, 0.29) is 17.4 Å². The van der Waals surface area contributed by atoms with E-state index in [4.69, 9.17) is 0 Å². The lowest BCUT2D eigenvalue weighted by Crippen LogP contribution is -2.45. The van der Waals surface area contributed by atoms with Crippen molar-refractivity contribution < 1.29 is 9.59 Å². The number of urea groups is 1. The Morgan fingerprint density at radius 1 is 1.20 bits per heavy atom. The molecule has 4 nitrogen and oxygen atoms in total. The standard InChI is InChI=1S/C15H28N2O2S/c1-5-8-15(11-20,9-6-2)10-17-12(18)14(4,7-3)16-13(17)19/h20H,5-11H2,1-4H3,(H,16,19). The first-order valence-corrected chi connectivity index (χ1v) is 8.26. The molecule has 1 unspecified atom stereocenters. The second-order valence-corrected chi connectivity index (χ2v) is 6.48. The SMILES string of the molecule is CCCC(CS)(CCC)CN1C(=O)NC(C)(CC)C1=O. The van der Waals surface area contributed by atoms with Crippen LogP contribution in [-0.4, -0.2) is 34.7 Å². The number of carbonyl (C=O) groups excluding carboxylic acids is 2. The van der Waals surface area contributed by atoms with E-state index in [2.05, 4.69) is 31.8 Å². The minimum Gasteiger partial charge on any atom is -0.323 e. The summed E-state index contributed by atoms with van der Waals surface area (Å²) in [5, 5.41) is 2.82. The third kappa shape index (κ3) is 3.30. The van der Waals surface area contributed by atoms with E-state index in [0.29, 0.717) is 18.7 Å². The van der Waals surface area contributed by atoms with Crippen LogP contribution in [0.3, 0.4) is 0 Å². The second kappa shape index (κ2) is 6.83. The number of amides is 3. The van der Waals surface area contributed by atoms with Crippen LogP contribution in [0.2, 0.25) is 0 Å². The maximum absolute atomic E-state index is 12.5. The van der Waals surface area contributed by atoms with E-state index in [0.717, 1.165) is 25.7 Å².